The Labute approximate surface area is 106 Å². The first-order valence-corrected chi connectivity index (χ1v) is 5.65. The van der Waals surface area contributed by atoms with E-state index in [-0.39, 0.29) is 5.91 Å². The first-order chi connectivity index (χ1) is 8.08. The summed E-state index contributed by atoms with van der Waals surface area (Å²) >= 11 is 3.30. The summed E-state index contributed by atoms with van der Waals surface area (Å²) < 4.78 is 5.68. The summed E-state index contributed by atoms with van der Waals surface area (Å²) in [5, 5.41) is 6.24. The number of nitrogens with two attached hydrogens (primary N) is 1. The number of anilines is 2. The van der Waals surface area contributed by atoms with Gasteiger partial charge in [0.15, 0.2) is 0 Å². The second-order valence-corrected chi connectivity index (χ2v) is 4.40. The third-order valence-corrected chi connectivity index (χ3v) is 2.75. The van der Waals surface area contributed by atoms with E-state index in [0.717, 1.165) is 4.47 Å². The molecule has 17 heavy (non-hydrogen) atoms. The minimum atomic E-state index is -0.294. The monoisotopic (exact) mass is 295 g/mol. The predicted molar refractivity (Wildman–Crippen MR) is 67.7 cm³/mol. The molecule has 1 aromatic carbocycles. The van der Waals surface area contributed by atoms with Crippen molar-refractivity contribution in [1.29, 1.82) is 0 Å². The van der Waals surface area contributed by atoms with Crippen LogP contribution in [0.1, 0.15) is 16.1 Å². The van der Waals surface area contributed by atoms with Gasteiger partial charge in [-0.25, -0.2) is 0 Å². The second kappa shape index (κ2) is 4.58. The maximum Gasteiger partial charge on any atom is 0.260 e. The largest absolute Gasteiger partial charge is 0.397 e. The van der Waals surface area contributed by atoms with Crippen LogP contribution < -0.4 is 11.1 Å². The zero-order valence-electron chi connectivity index (χ0n) is 9.03. The van der Waals surface area contributed by atoms with Crippen LogP contribution in [0.4, 0.5) is 11.4 Å². The lowest BCUT2D eigenvalue weighted by Gasteiger charge is -2.07. The molecule has 0 aliphatic heterocycles. The number of nitrogens with zero attached hydrogens (tertiary/aromatic N) is 1. The number of halogens is 1. The van der Waals surface area contributed by atoms with Crippen LogP contribution in [0.25, 0.3) is 0 Å². The van der Waals surface area contributed by atoms with E-state index >= 15 is 0 Å². The van der Waals surface area contributed by atoms with Gasteiger partial charge in [-0.15, -0.1) is 0 Å². The molecule has 5 nitrogen and oxygen atoms in total. The van der Waals surface area contributed by atoms with E-state index in [1.54, 1.807) is 25.1 Å². The molecule has 1 heterocycles. The van der Waals surface area contributed by atoms with Crippen LogP contribution in [0.3, 0.4) is 0 Å². The molecule has 0 fully saturated rings. The number of aryl methyl sites for hydroxylation is 1. The highest BCUT2D eigenvalue weighted by molar-refractivity contribution is 9.10. The number of nitrogens with one attached hydrogen (secondary N) is 1. The maximum absolute atomic E-state index is 11.9. The summed E-state index contributed by atoms with van der Waals surface area (Å²) in [5.74, 6) is 0.177. The third kappa shape index (κ3) is 2.47. The van der Waals surface area contributed by atoms with Crippen LogP contribution in [0.15, 0.2) is 33.4 Å². The quantitative estimate of drug-likeness (QED) is 0.835. The van der Waals surface area contributed by atoms with Gasteiger partial charge < -0.3 is 15.6 Å². The van der Waals surface area contributed by atoms with Gasteiger partial charge in [0.1, 0.15) is 11.3 Å². The van der Waals surface area contributed by atoms with Gasteiger partial charge in [-0.1, -0.05) is 21.1 Å². The number of hydrogen-bond donors (Lipinski definition) is 2. The lowest BCUT2D eigenvalue weighted by molar-refractivity contribution is 0.102. The lowest BCUT2D eigenvalue weighted by Crippen LogP contribution is -2.13. The fraction of sp³-hybridized carbons (Fsp3) is 0.0909. The predicted octanol–water partition coefficient (Wildman–Crippen LogP) is 2.58. The molecule has 0 saturated heterocycles. The summed E-state index contributed by atoms with van der Waals surface area (Å²) in [6.07, 6.45) is 1.37. The molecule has 6 heteroatoms. The van der Waals surface area contributed by atoms with E-state index in [0.29, 0.717) is 22.7 Å². The Morgan fingerprint density at radius 3 is 2.88 bits per heavy atom. The van der Waals surface area contributed by atoms with E-state index < -0.39 is 0 Å². The molecule has 0 radical (unpaired) electrons. The van der Waals surface area contributed by atoms with Gasteiger partial charge in [-0.3, -0.25) is 4.79 Å². The third-order valence-electron chi connectivity index (χ3n) is 2.26. The van der Waals surface area contributed by atoms with Crippen molar-refractivity contribution in [2.24, 2.45) is 0 Å². The number of carbonyl (C=O) groups excluding carboxylic acids is 1. The molecule has 2 aromatic rings. The summed E-state index contributed by atoms with van der Waals surface area (Å²) in [5.41, 5.74) is 7.22. The number of hydrogen-bond acceptors (Lipinski definition) is 4. The standard InChI is InChI=1S/C11H10BrN3O2/c1-6-8(5-14-17-6)11(16)15-10-3-2-7(12)4-9(10)13/h2-5H,13H2,1H3,(H,15,16). The first kappa shape index (κ1) is 11.7. The van der Waals surface area contributed by atoms with Crippen molar-refractivity contribution in [3.63, 3.8) is 0 Å². The van der Waals surface area contributed by atoms with Crippen molar-refractivity contribution in [3.05, 3.63) is 40.2 Å². The van der Waals surface area contributed by atoms with Crippen molar-refractivity contribution in [3.8, 4) is 0 Å². The molecule has 0 spiro atoms. The van der Waals surface area contributed by atoms with Gasteiger partial charge in [0.05, 0.1) is 17.6 Å². The zero-order chi connectivity index (χ0) is 12.4. The Balaban J connectivity index is 2.22. The average molecular weight is 296 g/mol. The van der Waals surface area contributed by atoms with Crippen LogP contribution in [0.5, 0.6) is 0 Å². The van der Waals surface area contributed by atoms with E-state index in [2.05, 4.69) is 26.4 Å². The van der Waals surface area contributed by atoms with Crippen LogP contribution in [0.2, 0.25) is 0 Å². The Morgan fingerprint density at radius 2 is 2.29 bits per heavy atom. The van der Waals surface area contributed by atoms with Crippen LogP contribution >= 0.6 is 15.9 Å². The molecule has 1 aromatic heterocycles. The molecule has 0 aliphatic carbocycles. The van der Waals surface area contributed by atoms with Gasteiger partial charge in [-0.2, -0.15) is 0 Å². The Bertz CT molecular complexity index is 566. The van der Waals surface area contributed by atoms with Crippen LogP contribution in [-0.2, 0) is 0 Å². The minimum Gasteiger partial charge on any atom is -0.397 e. The normalized spacial score (nSPS) is 10.2. The molecular weight excluding hydrogens is 286 g/mol. The Hall–Kier alpha value is -1.82. The average Bonchev–Trinajstić information content (AvgIpc) is 2.68. The van der Waals surface area contributed by atoms with Gasteiger partial charge in [0, 0.05) is 4.47 Å². The summed E-state index contributed by atoms with van der Waals surface area (Å²) in [4.78, 5) is 11.9. The highest BCUT2D eigenvalue weighted by Gasteiger charge is 2.13. The number of nitrogen functional groups attached to an aromatic ring is 1. The fourth-order valence-electron chi connectivity index (χ4n) is 1.35. The Kier molecular flexibility index (Phi) is 3.14. The number of aromatic nitrogens is 1. The molecule has 0 saturated carbocycles. The number of amides is 1. The van der Waals surface area contributed by atoms with Crippen molar-refractivity contribution >= 4 is 33.2 Å². The molecule has 2 rings (SSSR count). The smallest absolute Gasteiger partial charge is 0.260 e. The van der Waals surface area contributed by atoms with Crippen molar-refractivity contribution in [2.45, 2.75) is 6.92 Å². The van der Waals surface area contributed by atoms with Crippen molar-refractivity contribution < 1.29 is 9.32 Å². The lowest BCUT2D eigenvalue weighted by atomic mass is 10.2. The van der Waals surface area contributed by atoms with Gasteiger partial charge >= 0.3 is 0 Å². The van der Waals surface area contributed by atoms with E-state index in [4.69, 9.17) is 10.3 Å². The van der Waals surface area contributed by atoms with Crippen molar-refractivity contribution in [1.82, 2.24) is 5.16 Å². The molecule has 88 valence electrons. The minimum absolute atomic E-state index is 0.294. The van der Waals surface area contributed by atoms with Crippen molar-refractivity contribution in [2.75, 3.05) is 11.1 Å². The van der Waals surface area contributed by atoms with E-state index in [9.17, 15) is 4.79 Å². The van der Waals surface area contributed by atoms with E-state index in [1.165, 1.54) is 6.20 Å². The highest BCUT2D eigenvalue weighted by atomic mass is 79.9. The first-order valence-electron chi connectivity index (χ1n) is 4.85. The van der Waals surface area contributed by atoms with Gasteiger partial charge in [-0.05, 0) is 25.1 Å². The number of benzene rings is 1. The molecule has 3 N–H and O–H groups in total. The number of rotatable bonds is 2. The maximum atomic E-state index is 11.9. The summed E-state index contributed by atoms with van der Waals surface area (Å²) in [6, 6.07) is 5.24. The van der Waals surface area contributed by atoms with Gasteiger partial charge in [0.25, 0.3) is 5.91 Å². The SMILES string of the molecule is Cc1oncc1C(=O)Nc1ccc(Br)cc1N. The van der Waals surface area contributed by atoms with Gasteiger partial charge in [0.2, 0.25) is 0 Å². The van der Waals surface area contributed by atoms with Crippen LogP contribution in [0, 0.1) is 6.92 Å². The highest BCUT2D eigenvalue weighted by Crippen LogP contribution is 2.23. The fourth-order valence-corrected chi connectivity index (χ4v) is 1.73. The topological polar surface area (TPSA) is 81.2 Å². The molecule has 0 atom stereocenters. The molecule has 0 aliphatic rings. The summed E-state index contributed by atoms with van der Waals surface area (Å²) in [7, 11) is 0. The molecule has 1 amide bonds. The zero-order valence-corrected chi connectivity index (χ0v) is 10.6. The molecule has 0 bridgehead atoms. The second-order valence-electron chi connectivity index (χ2n) is 3.48. The summed E-state index contributed by atoms with van der Waals surface area (Å²) in [6.45, 7) is 1.67. The van der Waals surface area contributed by atoms with E-state index in [1.807, 2.05) is 0 Å². The molecule has 0 unspecified atom stereocenters. The Morgan fingerprint density at radius 1 is 1.53 bits per heavy atom. The number of carbonyl (C=O) groups is 1. The van der Waals surface area contributed by atoms with Crippen LogP contribution in [-0.4, -0.2) is 11.1 Å². The molecular formula is C11H10BrN3O2.